The number of alkyl halides is 1. The lowest BCUT2D eigenvalue weighted by atomic mass is 9.74. The standard InChI is InChI=1S/C18H17ClO/c1-11-8-14-9-13(6-7-17(14)20-11)18(19)16-10-12-4-2-3-5-15(12)16/h2-7,9,11,16,18H,8,10H2,1H3. The molecule has 0 spiro atoms. The zero-order chi connectivity index (χ0) is 13.7. The molecule has 0 radical (unpaired) electrons. The Kier molecular flexibility index (Phi) is 2.78. The van der Waals surface area contributed by atoms with Gasteiger partial charge in [0.2, 0.25) is 0 Å². The predicted octanol–water partition coefficient (Wildman–Crippen LogP) is 4.63. The molecule has 0 amide bonds. The second kappa shape index (κ2) is 4.53. The average molecular weight is 285 g/mol. The van der Waals surface area contributed by atoms with E-state index in [2.05, 4.69) is 49.4 Å². The summed E-state index contributed by atoms with van der Waals surface area (Å²) in [6.45, 7) is 2.11. The molecule has 1 nitrogen and oxygen atoms in total. The second-order valence-corrected chi connectivity index (χ2v) is 6.38. The Morgan fingerprint density at radius 1 is 1.10 bits per heavy atom. The van der Waals surface area contributed by atoms with Gasteiger partial charge < -0.3 is 4.74 Å². The highest BCUT2D eigenvalue weighted by Crippen LogP contribution is 2.47. The van der Waals surface area contributed by atoms with Crippen LogP contribution >= 0.6 is 11.6 Å². The van der Waals surface area contributed by atoms with E-state index in [9.17, 15) is 0 Å². The Hall–Kier alpha value is -1.47. The van der Waals surface area contributed by atoms with Crippen molar-refractivity contribution in [2.24, 2.45) is 0 Å². The fourth-order valence-corrected chi connectivity index (χ4v) is 3.77. The van der Waals surface area contributed by atoms with Crippen molar-refractivity contribution in [2.75, 3.05) is 0 Å². The Bertz CT molecular complexity index is 664. The van der Waals surface area contributed by atoms with Gasteiger partial charge in [0.25, 0.3) is 0 Å². The number of benzene rings is 2. The zero-order valence-electron chi connectivity index (χ0n) is 11.5. The fourth-order valence-electron chi connectivity index (χ4n) is 3.40. The molecule has 0 saturated carbocycles. The molecule has 3 atom stereocenters. The van der Waals surface area contributed by atoms with Crippen LogP contribution in [0.3, 0.4) is 0 Å². The topological polar surface area (TPSA) is 9.23 Å². The smallest absolute Gasteiger partial charge is 0.123 e. The van der Waals surface area contributed by atoms with Gasteiger partial charge in [0, 0.05) is 12.3 Å². The van der Waals surface area contributed by atoms with Gasteiger partial charge in [0.05, 0.1) is 5.38 Å². The first kappa shape index (κ1) is 12.3. The van der Waals surface area contributed by atoms with Gasteiger partial charge in [0.15, 0.2) is 0 Å². The number of halogens is 1. The molecule has 1 aliphatic heterocycles. The van der Waals surface area contributed by atoms with E-state index < -0.39 is 0 Å². The SMILES string of the molecule is CC1Cc2cc(C(Cl)C3Cc4ccccc43)ccc2O1. The summed E-state index contributed by atoms with van der Waals surface area (Å²) in [4.78, 5) is 0. The molecule has 1 aliphatic carbocycles. The van der Waals surface area contributed by atoms with Crippen LogP contribution in [0.15, 0.2) is 42.5 Å². The van der Waals surface area contributed by atoms with Gasteiger partial charge in [-0.3, -0.25) is 0 Å². The lowest BCUT2D eigenvalue weighted by molar-refractivity contribution is 0.254. The van der Waals surface area contributed by atoms with Crippen LogP contribution in [0.2, 0.25) is 0 Å². The van der Waals surface area contributed by atoms with E-state index in [1.54, 1.807) is 0 Å². The van der Waals surface area contributed by atoms with Crippen molar-refractivity contribution in [3.05, 3.63) is 64.7 Å². The van der Waals surface area contributed by atoms with Crippen LogP contribution in [0.25, 0.3) is 0 Å². The molecule has 0 saturated heterocycles. The fraction of sp³-hybridized carbons (Fsp3) is 0.333. The summed E-state index contributed by atoms with van der Waals surface area (Å²) >= 11 is 6.73. The Morgan fingerprint density at radius 3 is 2.80 bits per heavy atom. The molecule has 0 aromatic heterocycles. The van der Waals surface area contributed by atoms with Crippen molar-refractivity contribution < 1.29 is 4.74 Å². The third kappa shape index (κ3) is 1.84. The summed E-state index contributed by atoms with van der Waals surface area (Å²) < 4.78 is 5.76. The maximum absolute atomic E-state index is 6.73. The van der Waals surface area contributed by atoms with Crippen molar-refractivity contribution in [3.63, 3.8) is 0 Å². The molecular formula is C18H17ClO. The molecule has 4 rings (SSSR count). The third-order valence-corrected chi connectivity index (χ3v) is 5.04. The van der Waals surface area contributed by atoms with Gasteiger partial charge in [-0.15, -0.1) is 11.6 Å². The lowest BCUT2D eigenvalue weighted by Crippen LogP contribution is -2.21. The minimum Gasteiger partial charge on any atom is -0.490 e. The molecule has 102 valence electrons. The largest absolute Gasteiger partial charge is 0.490 e. The van der Waals surface area contributed by atoms with Gasteiger partial charge in [0.1, 0.15) is 11.9 Å². The molecule has 2 aliphatic rings. The Labute approximate surface area is 124 Å². The van der Waals surface area contributed by atoms with Crippen LogP contribution < -0.4 is 4.74 Å². The highest BCUT2D eigenvalue weighted by atomic mass is 35.5. The average Bonchev–Trinajstić information content (AvgIpc) is 2.79. The Morgan fingerprint density at radius 2 is 1.95 bits per heavy atom. The van der Waals surface area contributed by atoms with Crippen molar-refractivity contribution in [1.82, 2.24) is 0 Å². The highest BCUT2D eigenvalue weighted by molar-refractivity contribution is 6.21. The minimum atomic E-state index is 0.0612. The lowest BCUT2D eigenvalue weighted by Gasteiger charge is -2.33. The number of rotatable bonds is 2. The van der Waals surface area contributed by atoms with Crippen molar-refractivity contribution in [3.8, 4) is 5.75 Å². The normalized spacial score (nSPS) is 24.3. The van der Waals surface area contributed by atoms with Crippen LogP contribution in [0.1, 0.15) is 40.5 Å². The number of ether oxygens (including phenoxy) is 1. The van der Waals surface area contributed by atoms with E-state index in [0.29, 0.717) is 12.0 Å². The number of fused-ring (bicyclic) bond motifs is 2. The van der Waals surface area contributed by atoms with Crippen LogP contribution in [0, 0.1) is 0 Å². The first-order valence-corrected chi connectivity index (χ1v) is 7.67. The molecule has 0 fully saturated rings. The van der Waals surface area contributed by atoms with Gasteiger partial charge >= 0.3 is 0 Å². The maximum atomic E-state index is 6.73. The van der Waals surface area contributed by atoms with E-state index in [1.165, 1.54) is 22.3 Å². The van der Waals surface area contributed by atoms with Crippen molar-refractivity contribution in [1.29, 1.82) is 0 Å². The predicted molar refractivity (Wildman–Crippen MR) is 81.7 cm³/mol. The summed E-state index contributed by atoms with van der Waals surface area (Å²) in [5, 5.41) is 0.0612. The molecule has 20 heavy (non-hydrogen) atoms. The van der Waals surface area contributed by atoms with E-state index in [4.69, 9.17) is 16.3 Å². The van der Waals surface area contributed by atoms with Gasteiger partial charge in [-0.05, 0) is 41.7 Å². The van der Waals surface area contributed by atoms with E-state index in [-0.39, 0.29) is 5.38 Å². The zero-order valence-corrected chi connectivity index (χ0v) is 12.2. The van der Waals surface area contributed by atoms with Crippen molar-refractivity contribution >= 4 is 11.6 Å². The van der Waals surface area contributed by atoms with Crippen LogP contribution in [0.4, 0.5) is 0 Å². The summed E-state index contributed by atoms with van der Waals surface area (Å²) in [6, 6.07) is 15.0. The number of hydrogen-bond donors (Lipinski definition) is 0. The monoisotopic (exact) mass is 284 g/mol. The molecule has 0 N–H and O–H groups in total. The maximum Gasteiger partial charge on any atom is 0.123 e. The molecule has 3 unspecified atom stereocenters. The molecule has 1 heterocycles. The first-order valence-electron chi connectivity index (χ1n) is 7.24. The number of hydrogen-bond acceptors (Lipinski definition) is 1. The van der Waals surface area contributed by atoms with E-state index in [1.807, 2.05) is 0 Å². The highest BCUT2D eigenvalue weighted by Gasteiger charge is 2.33. The quantitative estimate of drug-likeness (QED) is 0.731. The van der Waals surface area contributed by atoms with Gasteiger partial charge in [-0.1, -0.05) is 36.4 Å². The summed E-state index contributed by atoms with van der Waals surface area (Å²) in [6.07, 6.45) is 2.38. The Balaban J connectivity index is 1.62. The first-order chi connectivity index (χ1) is 9.72. The van der Waals surface area contributed by atoms with Gasteiger partial charge in [-0.25, -0.2) is 0 Å². The molecular weight excluding hydrogens is 268 g/mol. The summed E-state index contributed by atoms with van der Waals surface area (Å²) in [5.74, 6) is 1.48. The van der Waals surface area contributed by atoms with Crippen LogP contribution in [-0.2, 0) is 12.8 Å². The van der Waals surface area contributed by atoms with E-state index in [0.717, 1.165) is 18.6 Å². The van der Waals surface area contributed by atoms with Crippen LogP contribution in [0.5, 0.6) is 5.75 Å². The second-order valence-electron chi connectivity index (χ2n) is 5.91. The molecule has 2 heteroatoms. The van der Waals surface area contributed by atoms with Crippen molar-refractivity contribution in [2.45, 2.75) is 37.2 Å². The molecule has 2 aromatic rings. The minimum absolute atomic E-state index is 0.0612. The van der Waals surface area contributed by atoms with E-state index >= 15 is 0 Å². The summed E-state index contributed by atoms with van der Waals surface area (Å²) in [7, 11) is 0. The molecule has 2 aromatic carbocycles. The summed E-state index contributed by atoms with van der Waals surface area (Å²) in [5.41, 5.74) is 5.38. The molecule has 0 bridgehead atoms. The van der Waals surface area contributed by atoms with Gasteiger partial charge in [-0.2, -0.15) is 0 Å². The third-order valence-electron chi connectivity index (χ3n) is 4.49. The van der Waals surface area contributed by atoms with Crippen LogP contribution in [-0.4, -0.2) is 6.10 Å².